The van der Waals surface area contributed by atoms with Gasteiger partial charge in [0.25, 0.3) is 0 Å². The molecule has 3 N–H and O–H groups in total. The summed E-state index contributed by atoms with van der Waals surface area (Å²) in [6.45, 7) is 4.80. The molecule has 5 heteroatoms. The van der Waals surface area contributed by atoms with Crippen LogP contribution in [0.5, 0.6) is 0 Å². The van der Waals surface area contributed by atoms with E-state index in [1.165, 1.54) is 4.88 Å². The van der Waals surface area contributed by atoms with E-state index in [0.29, 0.717) is 12.5 Å². The van der Waals surface area contributed by atoms with Crippen LogP contribution in [-0.4, -0.2) is 17.5 Å². The number of anilines is 1. The topological polar surface area (TPSA) is 63.3 Å². The number of hydrogen-bond donors (Lipinski definition) is 2. The number of nitrogens with one attached hydrogen (secondary N) is 1. The molecule has 0 bridgehead atoms. The first-order chi connectivity index (χ1) is 9.15. The van der Waals surface area contributed by atoms with Crippen molar-refractivity contribution in [1.82, 2.24) is 4.98 Å². The number of aromatic nitrogens is 1. The highest BCUT2D eigenvalue weighted by Gasteiger charge is 2.08. The summed E-state index contributed by atoms with van der Waals surface area (Å²) in [6, 6.07) is 9.78. The van der Waals surface area contributed by atoms with Crippen molar-refractivity contribution in [1.29, 1.82) is 0 Å². The first-order valence-electron chi connectivity index (χ1n) is 6.19. The number of rotatable bonds is 4. The molecule has 19 heavy (non-hydrogen) atoms. The van der Waals surface area contributed by atoms with Crippen molar-refractivity contribution in [2.45, 2.75) is 19.8 Å². The van der Waals surface area contributed by atoms with Crippen molar-refractivity contribution in [3.05, 3.63) is 46.4 Å². The van der Waals surface area contributed by atoms with Gasteiger partial charge in [0.15, 0.2) is 5.96 Å². The predicted octanol–water partition coefficient (Wildman–Crippen LogP) is 2.98. The summed E-state index contributed by atoms with van der Waals surface area (Å²) in [7, 11) is 0. The lowest BCUT2D eigenvalue weighted by molar-refractivity contribution is 0.766. The molecule has 0 saturated carbocycles. The van der Waals surface area contributed by atoms with Gasteiger partial charge in [-0.05, 0) is 19.1 Å². The predicted molar refractivity (Wildman–Crippen MR) is 81.8 cm³/mol. The molecule has 0 aliphatic heterocycles. The Balaban J connectivity index is 1.91. The number of aryl methyl sites for hydroxylation is 1. The van der Waals surface area contributed by atoms with Gasteiger partial charge in [-0.25, -0.2) is 4.98 Å². The third-order valence-corrected chi connectivity index (χ3v) is 3.79. The Hall–Kier alpha value is -1.88. The summed E-state index contributed by atoms with van der Waals surface area (Å²) in [6.07, 6.45) is 1.89. The van der Waals surface area contributed by atoms with E-state index in [4.69, 9.17) is 5.73 Å². The van der Waals surface area contributed by atoms with Gasteiger partial charge < -0.3 is 11.1 Å². The molecule has 4 nitrogen and oxygen atoms in total. The lowest BCUT2D eigenvalue weighted by Gasteiger charge is -2.07. The van der Waals surface area contributed by atoms with Gasteiger partial charge in [-0.3, -0.25) is 4.99 Å². The Kier molecular flexibility index (Phi) is 4.52. The molecule has 1 unspecified atom stereocenters. The molecule has 0 radical (unpaired) electrons. The standard InChI is InChI=1S/C14H18N4S/c1-10(13-16-9-11(2)19-13)8-17-14(15)18-12-6-4-3-5-7-12/h3-7,9-10H,8H2,1-2H3,(H3,15,17,18). The monoisotopic (exact) mass is 274 g/mol. The van der Waals surface area contributed by atoms with Gasteiger partial charge in [-0.1, -0.05) is 25.1 Å². The highest BCUT2D eigenvalue weighted by molar-refractivity contribution is 7.11. The van der Waals surface area contributed by atoms with Crippen LogP contribution >= 0.6 is 11.3 Å². The third kappa shape index (κ3) is 4.06. The van der Waals surface area contributed by atoms with E-state index in [9.17, 15) is 0 Å². The molecule has 0 saturated heterocycles. The second-order valence-corrected chi connectivity index (χ2v) is 5.69. The zero-order valence-electron chi connectivity index (χ0n) is 11.1. The number of para-hydroxylation sites is 1. The average Bonchev–Trinajstić information content (AvgIpc) is 2.84. The Morgan fingerprint density at radius 2 is 2.16 bits per heavy atom. The highest BCUT2D eigenvalue weighted by atomic mass is 32.1. The van der Waals surface area contributed by atoms with Gasteiger partial charge in [0.1, 0.15) is 0 Å². The van der Waals surface area contributed by atoms with Crippen molar-refractivity contribution in [2.24, 2.45) is 10.7 Å². The van der Waals surface area contributed by atoms with E-state index < -0.39 is 0 Å². The second kappa shape index (κ2) is 6.33. The average molecular weight is 274 g/mol. The largest absolute Gasteiger partial charge is 0.370 e. The van der Waals surface area contributed by atoms with E-state index in [2.05, 4.69) is 29.1 Å². The number of nitrogens with zero attached hydrogens (tertiary/aromatic N) is 2. The highest BCUT2D eigenvalue weighted by Crippen LogP contribution is 2.21. The number of guanidine groups is 1. The zero-order chi connectivity index (χ0) is 13.7. The van der Waals surface area contributed by atoms with Gasteiger partial charge in [0, 0.05) is 22.7 Å². The molecule has 2 rings (SSSR count). The van der Waals surface area contributed by atoms with Gasteiger partial charge >= 0.3 is 0 Å². The summed E-state index contributed by atoms with van der Waals surface area (Å²) >= 11 is 1.71. The van der Waals surface area contributed by atoms with Crippen LogP contribution in [0.4, 0.5) is 5.69 Å². The molecule has 1 aromatic carbocycles. The summed E-state index contributed by atoms with van der Waals surface area (Å²) in [4.78, 5) is 9.94. The minimum Gasteiger partial charge on any atom is -0.370 e. The van der Waals surface area contributed by atoms with Crippen LogP contribution in [0.1, 0.15) is 22.7 Å². The fourth-order valence-electron chi connectivity index (χ4n) is 1.62. The number of thiazole rings is 1. The van der Waals surface area contributed by atoms with Crippen molar-refractivity contribution >= 4 is 23.0 Å². The minimum atomic E-state index is 0.287. The van der Waals surface area contributed by atoms with E-state index in [0.717, 1.165) is 10.7 Å². The molecule has 2 aromatic rings. The van der Waals surface area contributed by atoms with Crippen LogP contribution in [0, 0.1) is 6.92 Å². The van der Waals surface area contributed by atoms with E-state index >= 15 is 0 Å². The summed E-state index contributed by atoms with van der Waals surface area (Å²) < 4.78 is 0. The van der Waals surface area contributed by atoms with Crippen molar-refractivity contribution in [3.63, 3.8) is 0 Å². The Morgan fingerprint density at radius 1 is 1.42 bits per heavy atom. The molecule has 100 valence electrons. The molecule has 0 aliphatic rings. The second-order valence-electron chi connectivity index (χ2n) is 4.43. The van der Waals surface area contributed by atoms with Crippen LogP contribution in [0.2, 0.25) is 0 Å². The van der Waals surface area contributed by atoms with Gasteiger partial charge in [-0.15, -0.1) is 11.3 Å². The third-order valence-electron chi connectivity index (χ3n) is 2.64. The van der Waals surface area contributed by atoms with Crippen molar-refractivity contribution in [2.75, 3.05) is 11.9 Å². The lowest BCUT2D eigenvalue weighted by atomic mass is 10.2. The minimum absolute atomic E-state index is 0.287. The van der Waals surface area contributed by atoms with Crippen LogP contribution in [-0.2, 0) is 0 Å². The van der Waals surface area contributed by atoms with E-state index in [-0.39, 0.29) is 5.92 Å². The summed E-state index contributed by atoms with van der Waals surface area (Å²) in [5.74, 6) is 0.723. The van der Waals surface area contributed by atoms with Crippen molar-refractivity contribution < 1.29 is 0 Å². The quantitative estimate of drug-likeness (QED) is 0.665. The fraction of sp³-hybridized carbons (Fsp3) is 0.286. The first kappa shape index (κ1) is 13.5. The number of benzene rings is 1. The van der Waals surface area contributed by atoms with Crippen molar-refractivity contribution in [3.8, 4) is 0 Å². The molecule has 0 amide bonds. The Bertz CT molecular complexity index is 548. The van der Waals surface area contributed by atoms with Crippen LogP contribution in [0.15, 0.2) is 41.5 Å². The number of aliphatic imine (C=N–C) groups is 1. The Morgan fingerprint density at radius 3 is 2.79 bits per heavy atom. The maximum atomic E-state index is 5.86. The van der Waals surface area contributed by atoms with Gasteiger partial charge in [0.05, 0.1) is 11.6 Å². The molecular formula is C14H18N4S. The number of nitrogens with two attached hydrogens (primary N) is 1. The lowest BCUT2D eigenvalue weighted by Crippen LogP contribution is -2.23. The molecular weight excluding hydrogens is 256 g/mol. The zero-order valence-corrected chi connectivity index (χ0v) is 11.9. The molecule has 1 heterocycles. The SMILES string of the molecule is Cc1cnc(C(C)CN=C(N)Nc2ccccc2)s1. The Labute approximate surface area is 117 Å². The molecule has 0 aliphatic carbocycles. The van der Waals surface area contributed by atoms with Gasteiger partial charge in [-0.2, -0.15) is 0 Å². The summed E-state index contributed by atoms with van der Waals surface area (Å²) in [5.41, 5.74) is 6.81. The smallest absolute Gasteiger partial charge is 0.193 e. The first-order valence-corrected chi connectivity index (χ1v) is 7.01. The maximum absolute atomic E-state index is 5.86. The van der Waals surface area contributed by atoms with Crippen LogP contribution < -0.4 is 11.1 Å². The van der Waals surface area contributed by atoms with Crippen LogP contribution in [0.3, 0.4) is 0 Å². The molecule has 1 aromatic heterocycles. The fourth-order valence-corrected chi connectivity index (χ4v) is 2.44. The normalized spacial score (nSPS) is 13.3. The van der Waals surface area contributed by atoms with Crippen LogP contribution in [0.25, 0.3) is 0 Å². The maximum Gasteiger partial charge on any atom is 0.193 e. The van der Waals surface area contributed by atoms with E-state index in [1.807, 2.05) is 36.5 Å². The van der Waals surface area contributed by atoms with E-state index in [1.54, 1.807) is 11.3 Å². The molecule has 0 spiro atoms. The molecule has 0 fully saturated rings. The number of hydrogen-bond acceptors (Lipinski definition) is 3. The summed E-state index contributed by atoms with van der Waals surface area (Å²) in [5, 5.41) is 4.17. The molecule has 1 atom stereocenters. The van der Waals surface area contributed by atoms with Gasteiger partial charge in [0.2, 0.25) is 0 Å².